The van der Waals surface area contributed by atoms with E-state index in [2.05, 4.69) is 10.7 Å². The second-order valence-electron chi connectivity index (χ2n) is 7.20. The molecule has 1 aliphatic rings. The van der Waals surface area contributed by atoms with Crippen molar-refractivity contribution in [2.45, 2.75) is 31.8 Å². The number of aliphatic hydroxyl groups is 1. The quantitative estimate of drug-likeness (QED) is 0.482. The van der Waals surface area contributed by atoms with Crippen molar-refractivity contribution in [3.63, 3.8) is 0 Å². The zero-order valence-corrected chi connectivity index (χ0v) is 18.7. The van der Waals surface area contributed by atoms with Crippen LogP contribution >= 0.6 is 23.8 Å². The Morgan fingerprint density at radius 1 is 1.06 bits per heavy atom. The van der Waals surface area contributed by atoms with Crippen molar-refractivity contribution in [2.24, 2.45) is 0 Å². The van der Waals surface area contributed by atoms with Crippen LogP contribution in [0.5, 0.6) is 0 Å². The van der Waals surface area contributed by atoms with Gasteiger partial charge in [-0.05, 0) is 48.5 Å². The fraction of sp³-hybridized carbons (Fsp3) is 0.273. The molecule has 8 nitrogen and oxygen atoms in total. The smallest absolute Gasteiger partial charge is 0.254 e. The zero-order valence-electron chi connectivity index (χ0n) is 17.2. The monoisotopic (exact) mass is 474 g/mol. The number of carbonyl (C=O) groups is 3. The Kier molecular flexibility index (Phi) is 8.15. The van der Waals surface area contributed by atoms with Crippen LogP contribution in [0.3, 0.4) is 0 Å². The van der Waals surface area contributed by atoms with E-state index in [1.807, 2.05) is 30.3 Å². The van der Waals surface area contributed by atoms with Crippen LogP contribution in [0.2, 0.25) is 5.02 Å². The van der Waals surface area contributed by atoms with Crippen LogP contribution in [-0.2, 0) is 20.9 Å². The van der Waals surface area contributed by atoms with Crippen LogP contribution in [0.25, 0.3) is 0 Å². The Morgan fingerprint density at radius 2 is 1.75 bits per heavy atom. The highest BCUT2D eigenvalue weighted by molar-refractivity contribution is 7.80. The summed E-state index contributed by atoms with van der Waals surface area (Å²) >= 11 is 11.3. The Labute approximate surface area is 196 Å². The van der Waals surface area contributed by atoms with Gasteiger partial charge < -0.3 is 10.4 Å². The van der Waals surface area contributed by atoms with Gasteiger partial charge in [-0.1, -0.05) is 41.9 Å². The molecular formula is C22H23ClN4O4S. The molecule has 0 radical (unpaired) electrons. The third-order valence-electron chi connectivity index (χ3n) is 4.80. The average Bonchev–Trinajstić information content (AvgIpc) is 2.99. The number of hydrogen-bond donors (Lipinski definition) is 3. The molecule has 32 heavy (non-hydrogen) atoms. The van der Waals surface area contributed by atoms with E-state index in [9.17, 15) is 14.4 Å². The second-order valence-corrected chi connectivity index (χ2v) is 8.00. The van der Waals surface area contributed by atoms with Gasteiger partial charge in [0.25, 0.3) is 5.91 Å². The first-order valence-corrected chi connectivity index (χ1v) is 10.8. The summed E-state index contributed by atoms with van der Waals surface area (Å²) in [6, 6.07) is 14.9. The van der Waals surface area contributed by atoms with Gasteiger partial charge in [0.1, 0.15) is 6.04 Å². The number of nitrogens with zero attached hydrogens (tertiary/aromatic N) is 2. The van der Waals surface area contributed by atoms with E-state index in [1.165, 1.54) is 9.91 Å². The fourth-order valence-corrected chi connectivity index (χ4v) is 3.67. The molecule has 1 unspecified atom stereocenters. The number of aliphatic hydroxyl groups excluding tert-OH is 1. The van der Waals surface area contributed by atoms with E-state index in [-0.39, 0.29) is 43.4 Å². The molecule has 0 aromatic heterocycles. The van der Waals surface area contributed by atoms with Crippen molar-refractivity contribution in [3.8, 4) is 0 Å². The summed E-state index contributed by atoms with van der Waals surface area (Å²) in [6.45, 7) is 0.0840. The maximum Gasteiger partial charge on any atom is 0.254 e. The normalized spacial score (nSPS) is 15.8. The molecule has 3 rings (SSSR count). The maximum absolute atomic E-state index is 13.2. The number of carbonyl (C=O) groups excluding carboxylic acids is 3. The number of halogens is 1. The molecule has 0 aliphatic carbocycles. The zero-order chi connectivity index (χ0) is 23.1. The average molecular weight is 475 g/mol. The molecule has 3 amide bonds. The van der Waals surface area contributed by atoms with Crippen LogP contribution in [0.1, 0.15) is 24.8 Å². The van der Waals surface area contributed by atoms with Gasteiger partial charge in [-0.2, -0.15) is 0 Å². The SMILES string of the molecule is O=C(CC1C(=O)N(Cc2ccccc2)C(=S)N1NC(=O)CCCO)Nc1ccc(Cl)cc1. The first-order chi connectivity index (χ1) is 15.4. The molecule has 0 bridgehead atoms. The summed E-state index contributed by atoms with van der Waals surface area (Å²) in [6.07, 6.45) is 0.120. The van der Waals surface area contributed by atoms with E-state index in [1.54, 1.807) is 24.3 Å². The molecular weight excluding hydrogens is 452 g/mol. The number of amides is 3. The van der Waals surface area contributed by atoms with Crippen molar-refractivity contribution in [1.29, 1.82) is 0 Å². The van der Waals surface area contributed by atoms with E-state index in [0.29, 0.717) is 10.7 Å². The predicted octanol–water partition coefficient (Wildman–Crippen LogP) is 2.47. The molecule has 10 heteroatoms. The van der Waals surface area contributed by atoms with Crippen LogP contribution < -0.4 is 10.7 Å². The lowest BCUT2D eigenvalue weighted by Crippen LogP contribution is -2.49. The first kappa shape index (κ1) is 23.6. The summed E-state index contributed by atoms with van der Waals surface area (Å²) in [7, 11) is 0. The van der Waals surface area contributed by atoms with E-state index < -0.39 is 17.9 Å². The van der Waals surface area contributed by atoms with Gasteiger partial charge >= 0.3 is 0 Å². The number of rotatable bonds is 9. The number of thiocarbonyl (C=S) groups is 1. The van der Waals surface area contributed by atoms with Gasteiger partial charge in [-0.25, -0.2) is 5.01 Å². The van der Waals surface area contributed by atoms with Gasteiger partial charge in [0.05, 0.1) is 13.0 Å². The van der Waals surface area contributed by atoms with Crippen LogP contribution in [0.4, 0.5) is 5.69 Å². The number of anilines is 1. The molecule has 0 spiro atoms. The molecule has 2 aromatic rings. The van der Waals surface area contributed by atoms with Gasteiger partial charge in [0.15, 0.2) is 5.11 Å². The van der Waals surface area contributed by atoms with E-state index >= 15 is 0 Å². The minimum Gasteiger partial charge on any atom is -0.396 e. The lowest BCUT2D eigenvalue weighted by Gasteiger charge is -2.24. The lowest BCUT2D eigenvalue weighted by molar-refractivity contribution is -0.133. The van der Waals surface area contributed by atoms with Crippen molar-refractivity contribution >= 4 is 52.3 Å². The highest BCUT2D eigenvalue weighted by atomic mass is 35.5. The number of hydrogen-bond acceptors (Lipinski definition) is 5. The predicted molar refractivity (Wildman–Crippen MR) is 124 cm³/mol. The third-order valence-corrected chi connectivity index (χ3v) is 5.47. The van der Waals surface area contributed by atoms with Gasteiger partial charge in [0.2, 0.25) is 11.8 Å². The van der Waals surface area contributed by atoms with Crippen molar-refractivity contribution in [2.75, 3.05) is 11.9 Å². The summed E-state index contributed by atoms with van der Waals surface area (Å²) in [5.74, 6) is -1.20. The largest absolute Gasteiger partial charge is 0.396 e. The Morgan fingerprint density at radius 3 is 2.41 bits per heavy atom. The molecule has 2 aromatic carbocycles. The molecule has 1 atom stereocenters. The number of nitrogens with one attached hydrogen (secondary N) is 2. The summed E-state index contributed by atoms with van der Waals surface area (Å²) in [5.41, 5.74) is 4.01. The first-order valence-electron chi connectivity index (χ1n) is 10.0. The van der Waals surface area contributed by atoms with Crippen LogP contribution in [0.15, 0.2) is 54.6 Å². The molecule has 168 valence electrons. The van der Waals surface area contributed by atoms with Crippen LogP contribution in [0, 0.1) is 0 Å². The maximum atomic E-state index is 13.2. The van der Waals surface area contributed by atoms with Crippen molar-refractivity contribution in [3.05, 3.63) is 65.2 Å². The van der Waals surface area contributed by atoms with E-state index in [0.717, 1.165) is 5.56 Å². The fourth-order valence-electron chi connectivity index (χ4n) is 3.21. The van der Waals surface area contributed by atoms with E-state index in [4.69, 9.17) is 28.9 Å². The van der Waals surface area contributed by atoms with Gasteiger partial charge in [-0.3, -0.25) is 24.7 Å². The summed E-state index contributed by atoms with van der Waals surface area (Å²) in [4.78, 5) is 39.4. The molecule has 1 heterocycles. The van der Waals surface area contributed by atoms with Gasteiger partial charge in [-0.15, -0.1) is 0 Å². The minimum absolute atomic E-state index is 0.0617. The summed E-state index contributed by atoms with van der Waals surface area (Å²) < 4.78 is 0. The van der Waals surface area contributed by atoms with Crippen molar-refractivity contribution < 1.29 is 19.5 Å². The molecule has 3 N–H and O–H groups in total. The Hall–Kier alpha value is -3.01. The topological polar surface area (TPSA) is 102 Å². The Bertz CT molecular complexity index is 987. The third kappa shape index (κ3) is 6.03. The molecule has 1 fully saturated rings. The Balaban J connectivity index is 1.76. The lowest BCUT2D eigenvalue weighted by atomic mass is 10.1. The van der Waals surface area contributed by atoms with Crippen LogP contribution in [-0.4, -0.2) is 50.5 Å². The van der Waals surface area contributed by atoms with Crippen molar-refractivity contribution in [1.82, 2.24) is 15.3 Å². The molecule has 1 saturated heterocycles. The highest BCUT2D eigenvalue weighted by Gasteiger charge is 2.44. The number of hydrazine groups is 1. The summed E-state index contributed by atoms with van der Waals surface area (Å²) in [5, 5.41) is 13.6. The highest BCUT2D eigenvalue weighted by Crippen LogP contribution is 2.22. The minimum atomic E-state index is -0.989. The molecule has 0 saturated carbocycles. The van der Waals surface area contributed by atoms with Gasteiger partial charge in [0, 0.05) is 23.7 Å². The molecule has 1 aliphatic heterocycles. The second kappa shape index (κ2) is 11.0. The standard InChI is InChI=1S/C22H23ClN4O4S/c23-16-8-10-17(11-9-16)24-20(30)13-18-21(31)26(14-15-5-2-1-3-6-15)22(32)27(18)25-19(29)7-4-12-28/h1-3,5-6,8-11,18,28H,4,7,12-14H2,(H,24,30)(H,25,29). The number of benzene rings is 2.